The van der Waals surface area contributed by atoms with Crippen molar-refractivity contribution in [3.8, 4) is 11.8 Å². The molecule has 1 aliphatic heterocycles. The van der Waals surface area contributed by atoms with E-state index in [1.54, 1.807) is 24.3 Å². The molecule has 0 saturated carbocycles. The molecule has 1 heterocycles. The van der Waals surface area contributed by atoms with Gasteiger partial charge in [0.1, 0.15) is 17.5 Å². The van der Waals surface area contributed by atoms with Gasteiger partial charge in [0, 0.05) is 10.5 Å². The quantitative estimate of drug-likeness (QED) is 0.785. The van der Waals surface area contributed by atoms with Gasteiger partial charge in [-0.1, -0.05) is 12.1 Å². The maximum atomic E-state index is 11.6. The lowest BCUT2D eigenvalue weighted by atomic mass is 10.1. The lowest BCUT2D eigenvalue weighted by molar-refractivity contribution is -0.501. The van der Waals surface area contributed by atoms with E-state index in [-0.39, 0.29) is 5.71 Å². The molecule has 0 fully saturated rings. The normalized spacial score (nSPS) is 18.7. The second kappa shape index (κ2) is 4.77. The molecule has 0 aromatic heterocycles. The van der Waals surface area contributed by atoms with Crippen LogP contribution in [-0.2, 0) is 0 Å². The van der Waals surface area contributed by atoms with E-state index in [1.807, 2.05) is 6.07 Å². The number of para-hydroxylation sites is 1. The monoisotopic (exact) mass is 243 g/mol. The number of aliphatic imine (C=N–C) groups is 1. The summed E-state index contributed by atoms with van der Waals surface area (Å²) in [5, 5.41) is 8.89. The molecule has 18 heavy (non-hydrogen) atoms. The van der Waals surface area contributed by atoms with Crippen LogP contribution in [0.2, 0.25) is 0 Å². The third-order valence-corrected chi connectivity index (χ3v) is 2.54. The fourth-order valence-corrected chi connectivity index (χ4v) is 1.62. The van der Waals surface area contributed by atoms with E-state index in [0.717, 1.165) is 0 Å². The molecule has 1 aromatic rings. The zero-order chi connectivity index (χ0) is 13.1. The van der Waals surface area contributed by atoms with Crippen molar-refractivity contribution in [1.29, 1.82) is 5.26 Å². The lowest BCUT2D eigenvalue weighted by Crippen LogP contribution is -2.39. The van der Waals surface area contributed by atoms with Gasteiger partial charge in [-0.2, -0.15) is 5.26 Å². The first-order chi connectivity index (χ1) is 8.67. The molecule has 6 nitrogen and oxygen atoms in total. The minimum atomic E-state index is -1.05. The molecule has 1 atom stereocenters. The van der Waals surface area contributed by atoms with E-state index in [4.69, 9.17) is 15.7 Å². The van der Waals surface area contributed by atoms with E-state index in [9.17, 15) is 4.91 Å². The van der Waals surface area contributed by atoms with Gasteiger partial charge in [-0.25, -0.2) is 4.99 Å². The molecule has 0 amide bonds. The van der Waals surface area contributed by atoms with Gasteiger partial charge in [-0.15, -0.1) is 0 Å². The maximum absolute atomic E-state index is 11.6. The van der Waals surface area contributed by atoms with Crippen molar-refractivity contribution >= 4 is 11.4 Å². The minimum absolute atomic E-state index is 0.0200. The van der Waals surface area contributed by atoms with Crippen LogP contribution in [0.25, 0.3) is 5.70 Å². The third kappa shape index (κ3) is 1.99. The van der Waals surface area contributed by atoms with Gasteiger partial charge in [-0.05, 0) is 12.1 Å². The van der Waals surface area contributed by atoms with Crippen LogP contribution in [-0.4, -0.2) is 23.7 Å². The summed E-state index contributed by atoms with van der Waals surface area (Å²) in [4.78, 5) is 15.7. The Balaban J connectivity index is 2.52. The Morgan fingerprint density at radius 2 is 2.22 bits per heavy atom. The van der Waals surface area contributed by atoms with Crippen molar-refractivity contribution in [2.45, 2.75) is 6.17 Å². The van der Waals surface area contributed by atoms with E-state index >= 15 is 0 Å². The predicted octanol–water partition coefficient (Wildman–Crippen LogP) is 1.04. The molecule has 0 aliphatic carbocycles. The zero-order valence-corrected chi connectivity index (χ0v) is 9.70. The summed E-state index contributed by atoms with van der Waals surface area (Å²) in [6.45, 7) is 0. The van der Waals surface area contributed by atoms with Crippen molar-refractivity contribution in [2.24, 2.45) is 10.7 Å². The average Bonchev–Trinajstić information content (AvgIpc) is 2.41. The second-order valence-electron chi connectivity index (χ2n) is 3.63. The summed E-state index contributed by atoms with van der Waals surface area (Å²) in [6.07, 6.45) is 0.206. The van der Waals surface area contributed by atoms with Crippen molar-refractivity contribution in [2.75, 3.05) is 7.11 Å². The molecule has 1 aliphatic rings. The van der Waals surface area contributed by atoms with Crippen LogP contribution in [0.3, 0.4) is 0 Å². The predicted molar refractivity (Wildman–Crippen MR) is 65.6 cm³/mol. The number of nitrogens with two attached hydrogens (primary N) is 1. The van der Waals surface area contributed by atoms with Crippen LogP contribution in [0.1, 0.15) is 5.56 Å². The first kappa shape index (κ1) is 12.0. The Morgan fingerprint density at radius 1 is 1.50 bits per heavy atom. The smallest absolute Gasteiger partial charge is 0.311 e. The highest BCUT2D eigenvalue weighted by molar-refractivity contribution is 6.05. The summed E-state index contributed by atoms with van der Waals surface area (Å²) in [5.74, 6) is 0.577. The van der Waals surface area contributed by atoms with E-state index < -0.39 is 6.17 Å². The second-order valence-corrected chi connectivity index (χ2v) is 3.63. The molecule has 0 saturated heterocycles. The molecule has 0 spiro atoms. The fourth-order valence-electron chi connectivity index (χ4n) is 1.62. The summed E-state index contributed by atoms with van der Waals surface area (Å²) >= 11 is 0. The number of ether oxygens (including phenoxy) is 1. The molecule has 0 bridgehead atoms. The van der Waals surface area contributed by atoms with Gasteiger partial charge >= 0.3 is 6.17 Å². The largest absolute Gasteiger partial charge is 0.496 e. The summed E-state index contributed by atoms with van der Waals surface area (Å²) < 4.78 is 5.69. The van der Waals surface area contributed by atoms with Crippen molar-refractivity contribution in [3.63, 3.8) is 0 Å². The first-order valence-corrected chi connectivity index (χ1v) is 5.22. The van der Waals surface area contributed by atoms with Crippen LogP contribution in [0.5, 0.6) is 5.75 Å². The van der Waals surface area contributed by atoms with Gasteiger partial charge in [0.05, 0.1) is 11.9 Å². The number of benzene rings is 1. The van der Waals surface area contributed by atoms with E-state index in [0.29, 0.717) is 21.8 Å². The van der Waals surface area contributed by atoms with Crippen LogP contribution >= 0.6 is 0 Å². The Labute approximate surface area is 104 Å². The molecule has 0 radical (unpaired) electrons. The van der Waals surface area contributed by atoms with Crippen molar-refractivity contribution in [1.82, 2.24) is 0 Å². The Kier molecular flexibility index (Phi) is 3.17. The maximum Gasteiger partial charge on any atom is 0.311 e. The van der Waals surface area contributed by atoms with Gasteiger partial charge in [0.2, 0.25) is 11.9 Å². The van der Waals surface area contributed by atoms with Crippen LogP contribution in [0, 0.1) is 16.2 Å². The lowest BCUT2D eigenvalue weighted by Gasteiger charge is -2.10. The van der Waals surface area contributed by atoms with Crippen LogP contribution in [0.4, 0.5) is 0 Å². The Morgan fingerprint density at radius 3 is 2.89 bits per heavy atom. The number of hydrogen-bond donors (Lipinski definition) is 1. The number of rotatable bonds is 2. The summed E-state index contributed by atoms with van der Waals surface area (Å²) in [7, 11) is 1.53. The minimum Gasteiger partial charge on any atom is -0.496 e. The molecule has 6 heteroatoms. The Hall–Kier alpha value is -2.52. The average molecular weight is 243 g/mol. The standard InChI is InChI=1S/C12H11N4O2/c1-18-11-5-3-2-4-8(11)10-7-16(17)12(14)9(6-13)15-10/h2-5,7,12H,14H2,1H3/q+1. The number of nitriles is 1. The third-order valence-electron chi connectivity index (χ3n) is 2.54. The van der Waals surface area contributed by atoms with Gasteiger partial charge in [-0.3, -0.25) is 5.73 Å². The van der Waals surface area contributed by atoms with Gasteiger partial charge in [0.15, 0.2) is 0 Å². The molecule has 1 unspecified atom stereocenters. The number of methoxy groups -OCH3 is 1. The molecule has 1 aromatic carbocycles. The number of hydrogen-bond acceptors (Lipinski definition) is 5. The SMILES string of the molecule is COc1ccccc1C1=C[N+](=O)C(N)C(C#N)=N1. The highest BCUT2D eigenvalue weighted by atomic mass is 16.5. The van der Waals surface area contributed by atoms with Crippen LogP contribution in [0.15, 0.2) is 35.5 Å². The fraction of sp³-hybridized carbons (Fsp3) is 0.167. The zero-order valence-electron chi connectivity index (χ0n) is 9.70. The van der Waals surface area contributed by atoms with E-state index in [1.165, 1.54) is 13.3 Å². The highest BCUT2D eigenvalue weighted by Gasteiger charge is 2.31. The first-order valence-electron chi connectivity index (χ1n) is 5.22. The molecule has 2 N–H and O–H groups in total. The van der Waals surface area contributed by atoms with Crippen molar-refractivity contribution in [3.05, 3.63) is 40.9 Å². The highest BCUT2D eigenvalue weighted by Crippen LogP contribution is 2.28. The Bertz CT molecular complexity index is 598. The number of nitroso groups, excluding NO2 is 1. The van der Waals surface area contributed by atoms with E-state index in [2.05, 4.69) is 4.99 Å². The summed E-state index contributed by atoms with van der Waals surface area (Å²) in [6, 6.07) is 8.93. The molecule has 2 rings (SSSR count). The molecule has 90 valence electrons. The topological polar surface area (TPSA) is 91.5 Å². The number of nitrogens with zero attached hydrogens (tertiary/aromatic N) is 3. The van der Waals surface area contributed by atoms with Crippen molar-refractivity contribution < 1.29 is 9.50 Å². The molecular formula is C12H11N4O2+. The van der Waals surface area contributed by atoms with Crippen LogP contribution < -0.4 is 10.5 Å². The summed E-state index contributed by atoms with van der Waals surface area (Å²) in [5.41, 5.74) is 6.51. The van der Waals surface area contributed by atoms with Gasteiger partial charge < -0.3 is 4.74 Å². The molecular weight excluding hydrogens is 232 g/mol. The van der Waals surface area contributed by atoms with Gasteiger partial charge in [0.25, 0.3) is 0 Å².